The number of halogens is 1. The number of carbonyl (C=O) groups is 1. The first-order valence-electron chi connectivity index (χ1n) is 8.17. The Morgan fingerprint density at radius 2 is 1.96 bits per heavy atom. The van der Waals surface area contributed by atoms with Crippen LogP contribution in [0.25, 0.3) is 11.4 Å². The highest BCUT2D eigenvalue weighted by molar-refractivity contribution is 5.85. The number of aromatic nitrogens is 2. The predicted octanol–water partition coefficient (Wildman–Crippen LogP) is 2.22. The lowest BCUT2D eigenvalue weighted by Gasteiger charge is -2.04. The van der Waals surface area contributed by atoms with Gasteiger partial charge in [-0.25, -0.2) is 0 Å². The van der Waals surface area contributed by atoms with Crippen LogP contribution in [-0.4, -0.2) is 42.8 Å². The molecule has 0 unspecified atom stereocenters. The van der Waals surface area contributed by atoms with Crippen molar-refractivity contribution in [1.82, 2.24) is 20.8 Å². The largest absolute Gasteiger partial charge is 0.497 e. The summed E-state index contributed by atoms with van der Waals surface area (Å²) in [6.07, 6.45) is 1.84. The average Bonchev–Trinajstić information content (AvgIpc) is 3.09. The minimum Gasteiger partial charge on any atom is -0.497 e. The lowest BCUT2D eigenvalue weighted by atomic mass is 10.2. The Kier molecular flexibility index (Phi) is 9.57. The van der Waals surface area contributed by atoms with Crippen molar-refractivity contribution in [1.29, 1.82) is 0 Å². The van der Waals surface area contributed by atoms with Gasteiger partial charge in [-0.3, -0.25) is 4.79 Å². The van der Waals surface area contributed by atoms with E-state index < -0.39 is 0 Å². The molecule has 0 aliphatic heterocycles. The molecule has 0 atom stereocenters. The highest BCUT2D eigenvalue weighted by Gasteiger charge is 2.10. The summed E-state index contributed by atoms with van der Waals surface area (Å²) < 4.78 is 10.3. The second kappa shape index (κ2) is 11.4. The normalized spacial score (nSPS) is 10.2. The van der Waals surface area contributed by atoms with E-state index in [0.29, 0.717) is 31.1 Å². The fourth-order valence-corrected chi connectivity index (χ4v) is 2.11. The molecule has 0 aliphatic carbocycles. The molecule has 1 aromatic carbocycles. The number of nitrogens with one attached hydrogen (secondary N) is 2. The molecule has 7 nitrogen and oxygen atoms in total. The Morgan fingerprint density at radius 1 is 1.20 bits per heavy atom. The Hall–Kier alpha value is -2.12. The summed E-state index contributed by atoms with van der Waals surface area (Å²) in [6, 6.07) is 7.41. The third-order valence-electron chi connectivity index (χ3n) is 3.43. The number of hydrogen-bond acceptors (Lipinski definition) is 6. The molecule has 0 radical (unpaired) electrons. The second-order valence-electron chi connectivity index (χ2n) is 5.34. The third-order valence-corrected chi connectivity index (χ3v) is 3.43. The van der Waals surface area contributed by atoms with E-state index in [-0.39, 0.29) is 18.3 Å². The van der Waals surface area contributed by atoms with Gasteiger partial charge in [-0.2, -0.15) is 4.98 Å². The fraction of sp³-hybridized carbons (Fsp3) is 0.471. The van der Waals surface area contributed by atoms with Gasteiger partial charge < -0.3 is 19.9 Å². The molecule has 0 spiro atoms. The molecule has 1 aromatic heterocycles. The maximum atomic E-state index is 11.8. The Bertz CT molecular complexity index is 631. The summed E-state index contributed by atoms with van der Waals surface area (Å²) in [6.45, 7) is 4.48. The zero-order chi connectivity index (χ0) is 17.2. The molecule has 0 fully saturated rings. The van der Waals surface area contributed by atoms with Crippen molar-refractivity contribution < 1.29 is 14.1 Å². The molecule has 1 amide bonds. The van der Waals surface area contributed by atoms with Crippen LogP contribution >= 0.6 is 12.4 Å². The van der Waals surface area contributed by atoms with E-state index in [0.717, 1.165) is 30.8 Å². The van der Waals surface area contributed by atoms with Gasteiger partial charge in [-0.05, 0) is 37.2 Å². The van der Waals surface area contributed by atoms with Gasteiger partial charge in [0.05, 0.1) is 7.11 Å². The first-order chi connectivity index (χ1) is 11.7. The summed E-state index contributed by atoms with van der Waals surface area (Å²) >= 11 is 0. The average molecular weight is 369 g/mol. The van der Waals surface area contributed by atoms with Gasteiger partial charge in [0.1, 0.15) is 5.75 Å². The molecule has 0 aliphatic rings. The van der Waals surface area contributed by atoms with Gasteiger partial charge >= 0.3 is 0 Å². The van der Waals surface area contributed by atoms with Gasteiger partial charge in [0.25, 0.3) is 0 Å². The van der Waals surface area contributed by atoms with E-state index in [2.05, 4.69) is 27.7 Å². The molecule has 0 bridgehead atoms. The molecule has 138 valence electrons. The molecular formula is C17H25ClN4O3. The Balaban J connectivity index is 0.00000312. The van der Waals surface area contributed by atoms with Gasteiger partial charge in [0.15, 0.2) is 0 Å². The standard InChI is InChI=1S/C17H24N4O3.ClH/c1-3-10-18-11-12-19-15(22)8-9-16-20-17(21-24-16)13-4-6-14(23-2)7-5-13;/h4-7,18H,3,8-12H2,1-2H3,(H,19,22);1H. The summed E-state index contributed by atoms with van der Waals surface area (Å²) in [4.78, 5) is 16.1. The van der Waals surface area contributed by atoms with Crippen LogP contribution in [0.5, 0.6) is 5.75 Å². The van der Waals surface area contributed by atoms with Crippen LogP contribution in [0, 0.1) is 0 Å². The Labute approximate surface area is 153 Å². The first kappa shape index (κ1) is 20.9. The smallest absolute Gasteiger partial charge is 0.227 e. The number of ether oxygens (including phenoxy) is 1. The third kappa shape index (κ3) is 7.11. The van der Waals surface area contributed by atoms with Crippen LogP contribution in [0.3, 0.4) is 0 Å². The van der Waals surface area contributed by atoms with Crippen molar-refractivity contribution >= 4 is 18.3 Å². The number of nitrogens with zero attached hydrogens (tertiary/aromatic N) is 2. The molecular weight excluding hydrogens is 344 g/mol. The molecule has 0 saturated heterocycles. The van der Waals surface area contributed by atoms with Crippen LogP contribution in [0.1, 0.15) is 25.7 Å². The second-order valence-corrected chi connectivity index (χ2v) is 5.34. The van der Waals surface area contributed by atoms with Crippen LogP contribution in [0.4, 0.5) is 0 Å². The van der Waals surface area contributed by atoms with E-state index in [4.69, 9.17) is 9.26 Å². The van der Waals surface area contributed by atoms with Crippen molar-refractivity contribution in [2.75, 3.05) is 26.7 Å². The topological polar surface area (TPSA) is 89.3 Å². The summed E-state index contributed by atoms with van der Waals surface area (Å²) in [7, 11) is 1.62. The highest BCUT2D eigenvalue weighted by atomic mass is 35.5. The van der Waals surface area contributed by atoms with E-state index in [9.17, 15) is 4.79 Å². The monoisotopic (exact) mass is 368 g/mol. The zero-order valence-corrected chi connectivity index (χ0v) is 15.4. The Morgan fingerprint density at radius 3 is 2.64 bits per heavy atom. The van der Waals surface area contributed by atoms with Gasteiger partial charge in [-0.15, -0.1) is 12.4 Å². The number of amides is 1. The minimum absolute atomic E-state index is 0. The number of rotatable bonds is 10. The van der Waals surface area contributed by atoms with E-state index in [1.54, 1.807) is 7.11 Å². The SMILES string of the molecule is CCCNCCNC(=O)CCc1nc(-c2ccc(OC)cc2)no1.Cl. The lowest BCUT2D eigenvalue weighted by Crippen LogP contribution is -2.32. The van der Waals surface area contributed by atoms with E-state index >= 15 is 0 Å². The molecule has 2 N–H and O–H groups in total. The zero-order valence-electron chi connectivity index (χ0n) is 14.6. The van der Waals surface area contributed by atoms with Crippen LogP contribution in [0.15, 0.2) is 28.8 Å². The number of methoxy groups -OCH3 is 1. The highest BCUT2D eigenvalue weighted by Crippen LogP contribution is 2.19. The molecule has 25 heavy (non-hydrogen) atoms. The number of carbonyl (C=O) groups excluding carboxylic acids is 1. The molecule has 1 heterocycles. The van der Waals surface area contributed by atoms with Gasteiger partial charge in [-0.1, -0.05) is 12.1 Å². The quantitative estimate of drug-likeness (QED) is 0.625. The number of benzene rings is 1. The van der Waals surface area contributed by atoms with Gasteiger partial charge in [0, 0.05) is 31.5 Å². The van der Waals surface area contributed by atoms with Crippen molar-refractivity contribution in [3.63, 3.8) is 0 Å². The maximum absolute atomic E-state index is 11.8. The predicted molar refractivity (Wildman–Crippen MR) is 98.0 cm³/mol. The van der Waals surface area contributed by atoms with E-state index in [1.165, 1.54) is 0 Å². The molecule has 0 saturated carbocycles. The maximum Gasteiger partial charge on any atom is 0.227 e. The first-order valence-corrected chi connectivity index (χ1v) is 8.17. The molecule has 2 aromatic rings. The van der Waals surface area contributed by atoms with Crippen LogP contribution < -0.4 is 15.4 Å². The van der Waals surface area contributed by atoms with E-state index in [1.807, 2.05) is 24.3 Å². The summed E-state index contributed by atoms with van der Waals surface area (Å²) in [5.74, 6) is 1.72. The summed E-state index contributed by atoms with van der Waals surface area (Å²) in [5.41, 5.74) is 0.845. The number of hydrogen-bond donors (Lipinski definition) is 2. The van der Waals surface area contributed by atoms with Crippen LogP contribution in [-0.2, 0) is 11.2 Å². The molecule has 8 heteroatoms. The van der Waals surface area contributed by atoms with Gasteiger partial charge in [0.2, 0.25) is 17.6 Å². The number of aryl methyl sites for hydroxylation is 1. The summed E-state index contributed by atoms with van der Waals surface area (Å²) in [5, 5.41) is 10.0. The van der Waals surface area contributed by atoms with Crippen molar-refractivity contribution in [2.45, 2.75) is 26.2 Å². The minimum atomic E-state index is -0.0162. The fourth-order valence-electron chi connectivity index (χ4n) is 2.11. The lowest BCUT2D eigenvalue weighted by molar-refractivity contribution is -0.121. The van der Waals surface area contributed by atoms with Crippen molar-refractivity contribution in [3.8, 4) is 17.1 Å². The van der Waals surface area contributed by atoms with Crippen LogP contribution in [0.2, 0.25) is 0 Å². The van der Waals surface area contributed by atoms with Crippen molar-refractivity contribution in [3.05, 3.63) is 30.2 Å². The van der Waals surface area contributed by atoms with Crippen molar-refractivity contribution in [2.24, 2.45) is 0 Å². The molecule has 2 rings (SSSR count).